The van der Waals surface area contributed by atoms with Crippen LogP contribution in [-0.2, 0) is 14.4 Å². The number of ether oxygens (including phenoxy) is 1. The van der Waals surface area contributed by atoms with Gasteiger partial charge in [0.15, 0.2) is 11.9 Å². The fourth-order valence-electron chi connectivity index (χ4n) is 4.12. The van der Waals surface area contributed by atoms with Crippen LogP contribution in [-0.4, -0.2) is 40.2 Å². The number of amides is 2. The van der Waals surface area contributed by atoms with Crippen molar-refractivity contribution >= 4 is 47.2 Å². The number of hydrogen-bond donors (Lipinski definition) is 1. The van der Waals surface area contributed by atoms with Crippen molar-refractivity contribution in [3.8, 4) is 5.75 Å². The smallest absolute Gasteiger partial charge is 0.344 e. The zero-order valence-electron chi connectivity index (χ0n) is 14.7. The molecule has 7 nitrogen and oxygen atoms in total. The molecule has 2 aliphatic carbocycles. The number of carbonyl (C=O) groups is 3. The maximum Gasteiger partial charge on any atom is 0.344 e. The zero-order valence-corrected chi connectivity index (χ0v) is 16.2. The number of rotatable bonds is 5. The molecule has 2 amide bonds. The Morgan fingerprint density at radius 2 is 1.75 bits per heavy atom. The summed E-state index contributed by atoms with van der Waals surface area (Å²) in [5, 5.41) is 14.1. The molecule has 2 fully saturated rings. The summed E-state index contributed by atoms with van der Waals surface area (Å²) in [6, 6.07) is 2.94. The largest absolute Gasteiger partial charge is 0.479 e. The molecular weight excluding hydrogens is 407 g/mol. The summed E-state index contributed by atoms with van der Waals surface area (Å²) in [6.07, 6.45) is 5.08. The van der Waals surface area contributed by atoms with Gasteiger partial charge in [0.1, 0.15) is 0 Å². The van der Waals surface area contributed by atoms with E-state index in [1.54, 1.807) is 0 Å². The van der Waals surface area contributed by atoms with Crippen molar-refractivity contribution in [2.24, 2.45) is 28.8 Å². The highest BCUT2D eigenvalue weighted by atomic mass is 35.5. The molecule has 0 unspecified atom stereocenters. The number of allylic oxidation sites excluding steroid dienone is 2. The lowest BCUT2D eigenvalue weighted by Gasteiger charge is -2.14. The average Bonchev–Trinajstić information content (AvgIpc) is 3.31. The van der Waals surface area contributed by atoms with Gasteiger partial charge in [-0.25, -0.2) is 4.79 Å². The molecule has 1 saturated carbocycles. The minimum atomic E-state index is -1.15. The van der Waals surface area contributed by atoms with Crippen LogP contribution in [0.25, 0.3) is 0 Å². The van der Waals surface area contributed by atoms with E-state index in [1.807, 2.05) is 12.2 Å². The lowest BCUT2D eigenvalue weighted by molar-refractivity contribution is -0.144. The van der Waals surface area contributed by atoms with Crippen LogP contribution in [0.4, 0.5) is 0 Å². The number of hydrogen-bond acceptors (Lipinski definition) is 5. The van der Waals surface area contributed by atoms with Crippen molar-refractivity contribution in [3.05, 3.63) is 39.9 Å². The number of hydrazone groups is 1. The van der Waals surface area contributed by atoms with Crippen LogP contribution >= 0.6 is 23.2 Å². The highest BCUT2D eigenvalue weighted by molar-refractivity contribution is 6.37. The van der Waals surface area contributed by atoms with Crippen molar-refractivity contribution in [2.75, 3.05) is 0 Å². The third-order valence-corrected chi connectivity index (χ3v) is 5.99. The van der Waals surface area contributed by atoms with Crippen LogP contribution in [0.2, 0.25) is 10.0 Å². The highest BCUT2D eigenvalue weighted by Gasteiger charge is 2.59. The SMILES string of the molecule is C[C@@H](Oc1c(Cl)cc(C=NN2C(=O)[C@@H]3[C@H](C2=O)[C@H]2C=C[C@H]3C2)cc1Cl)C(=O)O. The summed E-state index contributed by atoms with van der Waals surface area (Å²) in [6.45, 7) is 1.35. The number of fused-ring (bicyclic) bond motifs is 5. The van der Waals surface area contributed by atoms with Crippen LogP contribution in [0.15, 0.2) is 29.4 Å². The molecule has 0 radical (unpaired) electrons. The predicted molar refractivity (Wildman–Crippen MR) is 101 cm³/mol. The quantitative estimate of drug-likeness (QED) is 0.446. The lowest BCUT2D eigenvalue weighted by Crippen LogP contribution is -2.28. The summed E-state index contributed by atoms with van der Waals surface area (Å²) in [7, 11) is 0. The van der Waals surface area contributed by atoms with Gasteiger partial charge in [0.25, 0.3) is 11.8 Å². The first kappa shape index (κ1) is 19.0. The summed E-state index contributed by atoms with van der Waals surface area (Å²) in [5.41, 5.74) is 0.448. The molecule has 1 aromatic rings. The van der Waals surface area contributed by atoms with Crippen molar-refractivity contribution in [1.29, 1.82) is 0 Å². The van der Waals surface area contributed by atoms with Gasteiger partial charge in [-0.1, -0.05) is 35.4 Å². The van der Waals surface area contributed by atoms with E-state index in [2.05, 4.69) is 5.10 Å². The van der Waals surface area contributed by atoms with Gasteiger partial charge in [-0.3, -0.25) is 9.59 Å². The molecule has 3 aliphatic rings. The van der Waals surface area contributed by atoms with E-state index < -0.39 is 12.1 Å². The molecule has 146 valence electrons. The van der Waals surface area contributed by atoms with Gasteiger partial charge in [0.05, 0.1) is 28.1 Å². The first-order valence-electron chi connectivity index (χ1n) is 8.76. The number of halogens is 2. The molecule has 1 saturated heterocycles. The molecule has 9 heteroatoms. The maximum absolute atomic E-state index is 12.6. The van der Waals surface area contributed by atoms with Crippen LogP contribution < -0.4 is 4.74 Å². The third kappa shape index (κ3) is 2.99. The van der Waals surface area contributed by atoms with Crippen LogP contribution in [0.1, 0.15) is 18.9 Å². The van der Waals surface area contributed by atoms with E-state index in [0.717, 1.165) is 11.4 Å². The number of carboxylic acids is 1. The van der Waals surface area contributed by atoms with Crippen molar-refractivity contribution in [1.82, 2.24) is 5.01 Å². The summed E-state index contributed by atoms with van der Waals surface area (Å²) in [4.78, 5) is 36.2. The topological polar surface area (TPSA) is 96.3 Å². The van der Waals surface area contributed by atoms with Crippen molar-refractivity contribution < 1.29 is 24.2 Å². The fraction of sp³-hybridized carbons (Fsp3) is 0.368. The Hall–Kier alpha value is -2.38. The molecule has 5 atom stereocenters. The molecule has 2 bridgehead atoms. The average molecular weight is 423 g/mol. The normalized spacial score (nSPS) is 29.0. The number of carboxylic acid groups (broad SMARTS) is 1. The molecule has 1 N–H and O–H groups in total. The second kappa shape index (κ2) is 6.90. The minimum Gasteiger partial charge on any atom is -0.479 e. The Morgan fingerprint density at radius 1 is 1.21 bits per heavy atom. The Balaban J connectivity index is 1.53. The van der Waals surface area contributed by atoms with Gasteiger partial charge in [-0.05, 0) is 42.9 Å². The number of imide groups is 1. The van der Waals surface area contributed by atoms with Gasteiger partial charge in [-0.15, -0.1) is 0 Å². The molecule has 4 rings (SSSR count). The maximum atomic E-state index is 12.6. The Kier molecular flexibility index (Phi) is 4.67. The highest BCUT2D eigenvalue weighted by Crippen LogP contribution is 2.52. The summed E-state index contributed by atoms with van der Waals surface area (Å²) in [5.74, 6) is -2.09. The minimum absolute atomic E-state index is 0.0425. The lowest BCUT2D eigenvalue weighted by atomic mass is 9.85. The van der Waals surface area contributed by atoms with E-state index >= 15 is 0 Å². The third-order valence-electron chi connectivity index (χ3n) is 5.43. The zero-order chi connectivity index (χ0) is 20.2. The molecule has 0 spiro atoms. The molecule has 1 aliphatic heterocycles. The molecule has 1 aromatic carbocycles. The second-order valence-electron chi connectivity index (χ2n) is 7.14. The molecule has 0 aromatic heterocycles. The number of nitrogens with zero attached hydrogens (tertiary/aromatic N) is 2. The van der Waals surface area contributed by atoms with E-state index in [4.69, 9.17) is 33.0 Å². The van der Waals surface area contributed by atoms with Crippen molar-refractivity contribution in [2.45, 2.75) is 19.4 Å². The monoisotopic (exact) mass is 422 g/mol. The van der Waals surface area contributed by atoms with Crippen LogP contribution in [0.5, 0.6) is 5.75 Å². The Labute approximate surface area is 170 Å². The Morgan fingerprint density at radius 3 is 2.25 bits per heavy atom. The number of aliphatic carboxylic acids is 1. The number of carbonyl (C=O) groups excluding carboxylic acids is 2. The number of benzene rings is 1. The van der Waals surface area contributed by atoms with Gasteiger partial charge in [-0.2, -0.15) is 10.1 Å². The molecule has 1 heterocycles. The Bertz CT molecular complexity index is 891. The molecule has 28 heavy (non-hydrogen) atoms. The summed E-state index contributed by atoms with van der Waals surface area (Å²) < 4.78 is 5.25. The first-order valence-corrected chi connectivity index (χ1v) is 9.52. The molecular formula is C19H16Cl2N2O5. The van der Waals surface area contributed by atoms with E-state index in [9.17, 15) is 14.4 Å². The van der Waals surface area contributed by atoms with Crippen LogP contribution in [0.3, 0.4) is 0 Å². The van der Waals surface area contributed by atoms with Gasteiger partial charge >= 0.3 is 5.97 Å². The first-order chi connectivity index (χ1) is 13.3. The van der Waals surface area contributed by atoms with E-state index in [-0.39, 0.29) is 51.3 Å². The predicted octanol–water partition coefficient (Wildman–Crippen LogP) is 2.99. The van der Waals surface area contributed by atoms with Crippen LogP contribution in [0, 0.1) is 23.7 Å². The fourth-order valence-corrected chi connectivity index (χ4v) is 4.71. The van der Waals surface area contributed by atoms with Gasteiger partial charge < -0.3 is 9.84 Å². The van der Waals surface area contributed by atoms with Gasteiger partial charge in [0.2, 0.25) is 0 Å². The second-order valence-corrected chi connectivity index (χ2v) is 7.96. The van der Waals surface area contributed by atoms with E-state index in [0.29, 0.717) is 5.56 Å². The van der Waals surface area contributed by atoms with Gasteiger partial charge in [0, 0.05) is 0 Å². The van der Waals surface area contributed by atoms with Crippen molar-refractivity contribution in [3.63, 3.8) is 0 Å². The summed E-state index contributed by atoms with van der Waals surface area (Å²) >= 11 is 12.3. The van der Waals surface area contributed by atoms with E-state index in [1.165, 1.54) is 25.3 Å². The standard InChI is InChI=1S/C19H16Cl2N2O5/c1-8(19(26)27)28-16-12(20)4-9(5-13(16)21)7-22-23-17(24)14-10-2-3-11(6-10)15(14)18(23)25/h2-5,7-8,10-11,14-15H,6H2,1H3,(H,26,27)/t8-,10+,11+,14-,15+/m1/s1.